The molecule has 2 aliphatic rings. The van der Waals surface area contributed by atoms with Gasteiger partial charge in [-0.15, -0.1) is 0 Å². The molecule has 34 heavy (non-hydrogen) atoms. The number of hydrogen-bond acceptors (Lipinski definition) is 6. The molecule has 2 fully saturated rings. The molecule has 186 valence electrons. The number of alkyl carbamates (subject to hydrolysis) is 1. The van der Waals surface area contributed by atoms with Crippen LogP contribution in [0.5, 0.6) is 0 Å². The number of anilines is 1. The minimum Gasteiger partial charge on any atom is -0.444 e. The molecule has 2 heterocycles. The molecule has 4 rings (SSSR count). The van der Waals surface area contributed by atoms with Crippen molar-refractivity contribution in [1.82, 2.24) is 14.6 Å². The van der Waals surface area contributed by atoms with E-state index < -0.39 is 40.9 Å². The van der Waals surface area contributed by atoms with E-state index in [1.165, 1.54) is 4.57 Å². The number of nitrogens with one attached hydrogen (secondary N) is 1. The standard InChI is InChI=1S/C23H31F2N5O4/c1-13-17-15(19(31)30(26)21(33)29(17)14-5-6-14)9-16(25)18(13)28-8-7-23(10-24,12-28)11-27-20(32)34-22(2,3)4/h9,14H,5-8,10-12,26H2,1-4H3,(H,27,32). The average molecular weight is 480 g/mol. The summed E-state index contributed by atoms with van der Waals surface area (Å²) in [6.07, 6.45) is 1.28. The van der Waals surface area contributed by atoms with E-state index in [4.69, 9.17) is 10.6 Å². The molecule has 0 radical (unpaired) electrons. The Morgan fingerprint density at radius 2 is 2.00 bits per heavy atom. The number of amides is 1. The fourth-order valence-corrected chi connectivity index (χ4v) is 4.72. The molecule has 11 heteroatoms. The number of nitrogens with two attached hydrogens (primary N) is 1. The number of nitrogens with zero attached hydrogens (tertiary/aromatic N) is 3. The first-order valence-electron chi connectivity index (χ1n) is 11.4. The second-order valence-corrected chi connectivity index (χ2v) is 10.4. The van der Waals surface area contributed by atoms with Crippen LogP contribution in [0.15, 0.2) is 15.7 Å². The Labute approximate surface area is 195 Å². The van der Waals surface area contributed by atoms with Crippen LogP contribution in [-0.2, 0) is 4.74 Å². The summed E-state index contributed by atoms with van der Waals surface area (Å²) in [4.78, 5) is 39.2. The van der Waals surface area contributed by atoms with Crippen molar-refractivity contribution in [2.75, 3.05) is 37.1 Å². The molecular formula is C23H31F2N5O4. The van der Waals surface area contributed by atoms with Gasteiger partial charge in [-0.25, -0.2) is 14.0 Å². The molecule has 9 nitrogen and oxygen atoms in total. The van der Waals surface area contributed by atoms with Crippen LogP contribution >= 0.6 is 0 Å². The Kier molecular flexibility index (Phi) is 5.85. The number of alkyl halides is 1. The lowest BCUT2D eigenvalue weighted by Gasteiger charge is -2.29. The maximum absolute atomic E-state index is 15.3. The van der Waals surface area contributed by atoms with Crippen molar-refractivity contribution in [2.24, 2.45) is 5.41 Å². The summed E-state index contributed by atoms with van der Waals surface area (Å²) < 4.78 is 36.8. The Morgan fingerprint density at radius 1 is 1.32 bits per heavy atom. The van der Waals surface area contributed by atoms with Crippen LogP contribution in [0.3, 0.4) is 0 Å². The van der Waals surface area contributed by atoms with Crippen molar-refractivity contribution >= 4 is 22.7 Å². The van der Waals surface area contributed by atoms with E-state index in [0.717, 1.165) is 18.9 Å². The Morgan fingerprint density at radius 3 is 2.59 bits per heavy atom. The summed E-state index contributed by atoms with van der Waals surface area (Å²) in [6.45, 7) is 6.71. The highest BCUT2D eigenvalue weighted by Crippen LogP contribution is 2.41. The smallest absolute Gasteiger partial charge is 0.407 e. The van der Waals surface area contributed by atoms with Gasteiger partial charge in [-0.3, -0.25) is 13.8 Å². The number of nitrogen functional groups attached to an aromatic ring is 1. The third-order valence-electron chi connectivity index (χ3n) is 6.52. The molecule has 0 bridgehead atoms. The number of ether oxygens (including phenoxy) is 1. The van der Waals surface area contributed by atoms with Crippen LogP contribution in [-0.4, -0.2) is 47.2 Å². The summed E-state index contributed by atoms with van der Waals surface area (Å²) in [5, 5.41) is 2.67. The van der Waals surface area contributed by atoms with Crippen LogP contribution in [0.1, 0.15) is 51.6 Å². The zero-order valence-electron chi connectivity index (χ0n) is 19.9. The van der Waals surface area contributed by atoms with E-state index in [-0.39, 0.29) is 30.2 Å². The van der Waals surface area contributed by atoms with Gasteiger partial charge in [-0.05, 0) is 53.0 Å². The average Bonchev–Trinajstić information content (AvgIpc) is 3.50. The number of aromatic nitrogens is 2. The number of carbonyl (C=O) groups excluding carboxylic acids is 1. The molecule has 1 aliphatic heterocycles. The van der Waals surface area contributed by atoms with E-state index in [1.54, 1.807) is 32.6 Å². The molecule has 1 unspecified atom stereocenters. The van der Waals surface area contributed by atoms with Crippen molar-refractivity contribution < 1.29 is 18.3 Å². The van der Waals surface area contributed by atoms with E-state index in [9.17, 15) is 18.8 Å². The second kappa shape index (κ2) is 8.28. The molecule has 2 aromatic rings. The van der Waals surface area contributed by atoms with Crippen molar-refractivity contribution in [2.45, 2.75) is 58.6 Å². The minimum atomic E-state index is -0.915. The fourth-order valence-electron chi connectivity index (χ4n) is 4.72. The number of carbonyl (C=O) groups is 1. The topological polar surface area (TPSA) is 112 Å². The maximum Gasteiger partial charge on any atom is 0.407 e. The molecule has 0 spiro atoms. The zero-order chi connectivity index (χ0) is 25.0. The van der Waals surface area contributed by atoms with E-state index in [0.29, 0.717) is 28.7 Å². The molecule has 1 saturated carbocycles. The Balaban J connectivity index is 1.69. The van der Waals surface area contributed by atoms with Gasteiger partial charge in [0, 0.05) is 36.7 Å². The Hall–Kier alpha value is -3.11. The third kappa shape index (κ3) is 4.23. The molecule has 1 aromatic carbocycles. The van der Waals surface area contributed by atoms with E-state index >= 15 is 4.39 Å². The SMILES string of the molecule is Cc1c(N2CCC(CF)(CNC(=O)OC(C)(C)C)C2)c(F)cc2c(=O)n(N)c(=O)n(C3CC3)c12. The lowest BCUT2D eigenvalue weighted by Crippen LogP contribution is -2.45. The molecule has 1 aromatic heterocycles. The van der Waals surface area contributed by atoms with Crippen molar-refractivity contribution in [3.8, 4) is 0 Å². The summed E-state index contributed by atoms with van der Waals surface area (Å²) in [6, 6.07) is 1.01. The summed E-state index contributed by atoms with van der Waals surface area (Å²) in [5.74, 6) is 5.03. The summed E-state index contributed by atoms with van der Waals surface area (Å²) in [5.41, 5.74) is -1.97. The molecule has 1 aliphatic carbocycles. The van der Waals surface area contributed by atoms with Gasteiger partial charge < -0.3 is 20.8 Å². The summed E-state index contributed by atoms with van der Waals surface area (Å²) in [7, 11) is 0. The van der Waals surface area contributed by atoms with Gasteiger partial charge in [0.15, 0.2) is 0 Å². The van der Waals surface area contributed by atoms with E-state index in [2.05, 4.69) is 5.32 Å². The van der Waals surface area contributed by atoms with Gasteiger partial charge in [0.1, 0.15) is 11.4 Å². The monoisotopic (exact) mass is 479 g/mol. The lowest BCUT2D eigenvalue weighted by atomic mass is 9.89. The quantitative estimate of drug-likeness (QED) is 0.637. The number of aryl methyl sites for hydroxylation is 1. The number of benzene rings is 1. The van der Waals surface area contributed by atoms with Crippen molar-refractivity contribution in [3.63, 3.8) is 0 Å². The fraction of sp³-hybridized carbons (Fsp3) is 0.609. The van der Waals surface area contributed by atoms with Gasteiger partial charge in [0.2, 0.25) is 0 Å². The molecule has 1 amide bonds. The van der Waals surface area contributed by atoms with Crippen LogP contribution in [0.4, 0.5) is 19.3 Å². The first-order valence-corrected chi connectivity index (χ1v) is 11.4. The van der Waals surface area contributed by atoms with Crippen LogP contribution < -0.4 is 27.3 Å². The van der Waals surface area contributed by atoms with Gasteiger partial charge >= 0.3 is 11.8 Å². The minimum absolute atomic E-state index is 0.0355. The molecule has 3 N–H and O–H groups in total. The van der Waals surface area contributed by atoms with Crippen LogP contribution in [0.25, 0.3) is 10.9 Å². The van der Waals surface area contributed by atoms with Gasteiger partial charge in [-0.1, -0.05) is 0 Å². The molecule has 1 atom stereocenters. The molecule has 1 saturated heterocycles. The first-order chi connectivity index (χ1) is 15.9. The predicted octanol–water partition coefficient (Wildman–Crippen LogP) is 2.35. The highest BCUT2D eigenvalue weighted by molar-refractivity contribution is 5.87. The van der Waals surface area contributed by atoms with Gasteiger partial charge in [0.05, 0.1) is 23.3 Å². The summed E-state index contributed by atoms with van der Waals surface area (Å²) >= 11 is 0. The lowest BCUT2D eigenvalue weighted by molar-refractivity contribution is 0.0496. The van der Waals surface area contributed by atoms with Crippen molar-refractivity contribution in [1.29, 1.82) is 0 Å². The van der Waals surface area contributed by atoms with Crippen LogP contribution in [0, 0.1) is 18.2 Å². The van der Waals surface area contributed by atoms with Gasteiger partial charge in [-0.2, -0.15) is 4.68 Å². The Bertz CT molecular complexity index is 1260. The van der Waals surface area contributed by atoms with Crippen LogP contribution in [0.2, 0.25) is 0 Å². The second-order valence-electron chi connectivity index (χ2n) is 10.4. The zero-order valence-corrected chi connectivity index (χ0v) is 19.9. The largest absolute Gasteiger partial charge is 0.444 e. The maximum atomic E-state index is 15.3. The number of fused-ring (bicyclic) bond motifs is 1. The predicted molar refractivity (Wildman–Crippen MR) is 125 cm³/mol. The highest BCUT2D eigenvalue weighted by atomic mass is 19.1. The third-order valence-corrected chi connectivity index (χ3v) is 6.52. The number of halogens is 2. The first kappa shape index (κ1) is 24.0. The van der Waals surface area contributed by atoms with Crippen molar-refractivity contribution in [3.05, 3.63) is 38.3 Å². The number of hydrogen-bond donors (Lipinski definition) is 2. The van der Waals surface area contributed by atoms with Gasteiger partial charge in [0.25, 0.3) is 5.56 Å². The number of rotatable bonds is 5. The molecular weight excluding hydrogens is 448 g/mol. The van der Waals surface area contributed by atoms with E-state index in [1.807, 2.05) is 0 Å². The highest BCUT2D eigenvalue weighted by Gasteiger charge is 2.41. The normalized spacial score (nSPS) is 20.7.